The van der Waals surface area contributed by atoms with Crippen LogP contribution in [-0.4, -0.2) is 24.5 Å². The van der Waals surface area contributed by atoms with Crippen molar-refractivity contribution in [3.8, 4) is 17.5 Å². The van der Waals surface area contributed by atoms with Crippen molar-refractivity contribution in [3.63, 3.8) is 0 Å². The van der Waals surface area contributed by atoms with Crippen LogP contribution < -0.4 is 4.74 Å². The molecule has 0 spiro atoms. The van der Waals surface area contributed by atoms with E-state index < -0.39 is 0 Å². The normalized spacial score (nSPS) is 15.7. The first kappa shape index (κ1) is 18.4. The minimum Gasteiger partial charge on any atom is -0.484 e. The van der Waals surface area contributed by atoms with Gasteiger partial charge in [0.2, 0.25) is 0 Å². The highest BCUT2D eigenvalue weighted by Gasteiger charge is 2.26. The summed E-state index contributed by atoms with van der Waals surface area (Å²) in [7, 11) is 1.89. The van der Waals surface area contributed by atoms with Crippen LogP contribution in [0.15, 0.2) is 36.9 Å². The summed E-state index contributed by atoms with van der Waals surface area (Å²) in [4.78, 5) is 4.60. The first-order valence-electron chi connectivity index (χ1n) is 10.1. The van der Waals surface area contributed by atoms with Crippen LogP contribution in [0.5, 0.6) is 5.75 Å². The predicted octanol–water partition coefficient (Wildman–Crippen LogP) is 4.10. The van der Waals surface area contributed by atoms with E-state index in [1.54, 1.807) is 17.1 Å². The summed E-state index contributed by atoms with van der Waals surface area (Å²) in [6.45, 7) is 4.06. The van der Waals surface area contributed by atoms with Crippen LogP contribution in [0.1, 0.15) is 46.9 Å². The molecule has 0 saturated carbocycles. The molecule has 3 heterocycles. The van der Waals surface area contributed by atoms with Gasteiger partial charge in [0, 0.05) is 24.7 Å². The SMILES string of the molecule is Cc1cc2cnn(-c3cnn(C)c3)c2cc1O[C@H]1CCCc2c1ncc(C#N)c2C. The second-order valence-corrected chi connectivity index (χ2v) is 7.88. The van der Waals surface area contributed by atoms with E-state index in [9.17, 15) is 5.26 Å². The number of hydrogen-bond acceptors (Lipinski definition) is 5. The quantitative estimate of drug-likeness (QED) is 0.519. The van der Waals surface area contributed by atoms with Crippen molar-refractivity contribution in [2.75, 3.05) is 0 Å². The van der Waals surface area contributed by atoms with Gasteiger partial charge in [-0.3, -0.25) is 9.67 Å². The molecule has 0 bridgehead atoms. The standard InChI is InChI=1S/C23H22N6O/c1-14-7-16-11-27-29(18-12-26-28(3)13-18)20(16)8-22(14)30-21-6-4-5-19-15(2)17(9-24)10-25-23(19)21/h7-8,10-13,21H,4-6H2,1-3H3/t21-/m0/s1. The lowest BCUT2D eigenvalue weighted by atomic mass is 9.89. The third-order valence-electron chi connectivity index (χ3n) is 5.89. The Bertz CT molecular complexity index is 1310. The number of hydrogen-bond donors (Lipinski definition) is 0. The minimum atomic E-state index is -0.119. The molecule has 1 aliphatic carbocycles. The number of nitrogens with zero attached hydrogens (tertiary/aromatic N) is 6. The van der Waals surface area contributed by atoms with Crippen molar-refractivity contribution >= 4 is 10.9 Å². The molecular weight excluding hydrogens is 376 g/mol. The van der Waals surface area contributed by atoms with Gasteiger partial charge in [0.25, 0.3) is 0 Å². The zero-order valence-electron chi connectivity index (χ0n) is 17.3. The van der Waals surface area contributed by atoms with Gasteiger partial charge in [0.05, 0.1) is 35.4 Å². The molecule has 7 heteroatoms. The number of rotatable bonds is 3. The molecule has 1 atom stereocenters. The molecular formula is C23H22N6O. The number of ether oxygens (including phenoxy) is 1. The average molecular weight is 398 g/mol. The Hall–Kier alpha value is -3.66. The van der Waals surface area contributed by atoms with Crippen molar-refractivity contribution in [1.29, 1.82) is 5.26 Å². The average Bonchev–Trinajstić information content (AvgIpc) is 3.34. The van der Waals surface area contributed by atoms with E-state index >= 15 is 0 Å². The maximum Gasteiger partial charge on any atom is 0.141 e. The fourth-order valence-electron chi connectivity index (χ4n) is 4.26. The van der Waals surface area contributed by atoms with Gasteiger partial charge < -0.3 is 4.74 Å². The number of nitriles is 1. The maximum absolute atomic E-state index is 9.32. The molecule has 0 radical (unpaired) electrons. The Kier molecular flexibility index (Phi) is 4.28. The lowest BCUT2D eigenvalue weighted by Crippen LogP contribution is -2.19. The van der Waals surface area contributed by atoms with Crippen molar-refractivity contribution in [2.45, 2.75) is 39.2 Å². The lowest BCUT2D eigenvalue weighted by molar-refractivity contribution is 0.177. The molecule has 3 aromatic heterocycles. The van der Waals surface area contributed by atoms with E-state index in [1.165, 1.54) is 0 Å². The zero-order chi connectivity index (χ0) is 20.8. The molecule has 7 nitrogen and oxygen atoms in total. The van der Waals surface area contributed by atoms with Crippen molar-refractivity contribution in [3.05, 3.63) is 64.9 Å². The zero-order valence-corrected chi connectivity index (χ0v) is 17.3. The van der Waals surface area contributed by atoms with Gasteiger partial charge in [-0.15, -0.1) is 0 Å². The molecule has 1 aromatic carbocycles. The predicted molar refractivity (Wildman–Crippen MR) is 113 cm³/mol. The Morgan fingerprint density at radius 1 is 1.17 bits per heavy atom. The van der Waals surface area contributed by atoms with E-state index in [1.807, 2.05) is 31.0 Å². The van der Waals surface area contributed by atoms with Crippen molar-refractivity contribution in [2.24, 2.45) is 7.05 Å². The van der Waals surface area contributed by atoms with Crippen molar-refractivity contribution < 1.29 is 4.74 Å². The first-order chi connectivity index (χ1) is 14.5. The Balaban J connectivity index is 1.55. The number of aromatic nitrogens is 5. The molecule has 0 saturated heterocycles. The number of benzene rings is 1. The summed E-state index contributed by atoms with van der Waals surface area (Å²) >= 11 is 0. The molecule has 0 N–H and O–H groups in total. The third-order valence-corrected chi connectivity index (χ3v) is 5.89. The molecule has 150 valence electrons. The highest BCUT2D eigenvalue weighted by molar-refractivity contribution is 5.83. The van der Waals surface area contributed by atoms with Gasteiger partial charge in [0.1, 0.15) is 23.6 Å². The van der Waals surface area contributed by atoms with Gasteiger partial charge in [-0.25, -0.2) is 4.68 Å². The second kappa shape index (κ2) is 6.99. The van der Waals surface area contributed by atoms with Crippen LogP contribution in [0.2, 0.25) is 0 Å². The monoisotopic (exact) mass is 398 g/mol. The van der Waals surface area contributed by atoms with Crippen LogP contribution in [-0.2, 0) is 13.5 Å². The summed E-state index contributed by atoms with van der Waals surface area (Å²) in [6.07, 6.45) is 10.0. The summed E-state index contributed by atoms with van der Waals surface area (Å²) < 4.78 is 10.1. The van der Waals surface area contributed by atoms with E-state index in [0.29, 0.717) is 5.56 Å². The number of aryl methyl sites for hydroxylation is 2. The van der Waals surface area contributed by atoms with Gasteiger partial charge >= 0.3 is 0 Å². The smallest absolute Gasteiger partial charge is 0.141 e. The molecule has 4 aromatic rings. The Morgan fingerprint density at radius 3 is 2.80 bits per heavy atom. The third kappa shape index (κ3) is 2.92. The minimum absolute atomic E-state index is 0.119. The van der Waals surface area contributed by atoms with Gasteiger partial charge in [0.15, 0.2) is 0 Å². The van der Waals surface area contributed by atoms with Crippen molar-refractivity contribution in [1.82, 2.24) is 24.5 Å². The largest absolute Gasteiger partial charge is 0.484 e. The molecule has 0 amide bonds. The summed E-state index contributed by atoms with van der Waals surface area (Å²) in [6, 6.07) is 6.39. The van der Waals surface area contributed by atoms with E-state index in [2.05, 4.69) is 40.3 Å². The molecule has 0 unspecified atom stereocenters. The van der Waals surface area contributed by atoms with Gasteiger partial charge in [-0.05, 0) is 55.9 Å². The van der Waals surface area contributed by atoms with Gasteiger partial charge in [-0.1, -0.05) is 0 Å². The van der Waals surface area contributed by atoms with Gasteiger partial charge in [-0.2, -0.15) is 15.5 Å². The molecule has 1 aliphatic rings. The molecule has 0 fully saturated rings. The van der Waals surface area contributed by atoms with Crippen LogP contribution >= 0.6 is 0 Å². The summed E-state index contributed by atoms with van der Waals surface area (Å²) in [5.41, 5.74) is 6.73. The van der Waals surface area contributed by atoms with E-state index in [-0.39, 0.29) is 6.10 Å². The Morgan fingerprint density at radius 2 is 2.03 bits per heavy atom. The second-order valence-electron chi connectivity index (χ2n) is 7.88. The van der Waals surface area contributed by atoms with Crippen LogP contribution in [0.4, 0.5) is 0 Å². The summed E-state index contributed by atoms with van der Waals surface area (Å²) in [5.74, 6) is 0.829. The molecule has 5 rings (SSSR count). The highest BCUT2D eigenvalue weighted by atomic mass is 16.5. The summed E-state index contributed by atoms with van der Waals surface area (Å²) in [5, 5.41) is 19.2. The Labute approximate surface area is 174 Å². The highest BCUT2D eigenvalue weighted by Crippen LogP contribution is 2.37. The molecule has 0 aliphatic heterocycles. The number of pyridine rings is 1. The maximum atomic E-state index is 9.32. The topological polar surface area (TPSA) is 81.6 Å². The fraction of sp³-hybridized carbons (Fsp3) is 0.304. The van der Waals surface area contributed by atoms with E-state index in [4.69, 9.17) is 4.74 Å². The number of fused-ring (bicyclic) bond motifs is 2. The lowest BCUT2D eigenvalue weighted by Gasteiger charge is -2.27. The van der Waals surface area contributed by atoms with Crippen LogP contribution in [0, 0.1) is 25.2 Å². The van der Waals surface area contributed by atoms with E-state index in [0.717, 1.165) is 64.0 Å². The molecule has 30 heavy (non-hydrogen) atoms. The first-order valence-corrected chi connectivity index (χ1v) is 10.1. The fourth-order valence-corrected chi connectivity index (χ4v) is 4.26. The van der Waals surface area contributed by atoms with Crippen LogP contribution in [0.3, 0.4) is 0 Å². The van der Waals surface area contributed by atoms with Crippen LogP contribution in [0.25, 0.3) is 16.6 Å².